The van der Waals surface area contributed by atoms with Crippen molar-refractivity contribution in [2.45, 2.75) is 6.92 Å². The number of halogens is 1. The van der Waals surface area contributed by atoms with Crippen LogP contribution >= 0.6 is 11.6 Å². The van der Waals surface area contributed by atoms with Crippen LogP contribution in [0.25, 0.3) is 11.3 Å². The Kier molecular flexibility index (Phi) is 4.76. The van der Waals surface area contributed by atoms with Crippen LogP contribution in [0.3, 0.4) is 0 Å². The van der Waals surface area contributed by atoms with Gasteiger partial charge in [-0.2, -0.15) is 5.10 Å². The lowest BCUT2D eigenvalue weighted by Crippen LogP contribution is -2.33. The zero-order valence-corrected chi connectivity index (χ0v) is 11.9. The maximum absolute atomic E-state index is 12.2. The average Bonchev–Trinajstić information content (AvgIpc) is 2.94. The van der Waals surface area contributed by atoms with Gasteiger partial charge in [-0.3, -0.25) is 9.89 Å². The third-order valence-corrected chi connectivity index (χ3v) is 3.24. The largest absolute Gasteiger partial charge is 0.395 e. The predicted molar refractivity (Wildman–Crippen MR) is 77.7 cm³/mol. The maximum atomic E-state index is 12.2. The number of aliphatic hydroxyl groups excluding tert-OH is 1. The second kappa shape index (κ2) is 6.54. The van der Waals surface area contributed by atoms with Gasteiger partial charge in [-0.05, 0) is 25.1 Å². The standard InChI is InChI=1S/C14H16ClN3O2/c1-2-18(7-8-19)14(20)13-9-12(16-17-13)10-3-5-11(15)6-4-10/h3-6,9,19H,2,7-8H2,1H3,(H,16,17). The third kappa shape index (κ3) is 3.18. The van der Waals surface area contributed by atoms with E-state index >= 15 is 0 Å². The molecule has 0 atom stereocenters. The highest BCUT2D eigenvalue weighted by molar-refractivity contribution is 6.30. The van der Waals surface area contributed by atoms with Crippen molar-refractivity contribution in [3.8, 4) is 11.3 Å². The fourth-order valence-corrected chi connectivity index (χ4v) is 2.02. The summed E-state index contributed by atoms with van der Waals surface area (Å²) in [5.74, 6) is -0.172. The van der Waals surface area contributed by atoms with Crippen LogP contribution in [0.1, 0.15) is 17.4 Å². The summed E-state index contributed by atoms with van der Waals surface area (Å²) in [6, 6.07) is 8.94. The normalized spacial score (nSPS) is 10.6. The molecule has 0 spiro atoms. The predicted octanol–water partition coefficient (Wildman–Crippen LogP) is 2.18. The Morgan fingerprint density at radius 3 is 2.70 bits per heavy atom. The van der Waals surface area contributed by atoms with Crippen LogP contribution in [0.4, 0.5) is 0 Å². The van der Waals surface area contributed by atoms with Gasteiger partial charge >= 0.3 is 0 Å². The van der Waals surface area contributed by atoms with E-state index in [4.69, 9.17) is 16.7 Å². The van der Waals surface area contributed by atoms with E-state index in [2.05, 4.69) is 10.2 Å². The molecule has 106 valence electrons. The molecule has 1 heterocycles. The van der Waals surface area contributed by atoms with E-state index in [1.165, 1.54) is 0 Å². The lowest BCUT2D eigenvalue weighted by atomic mass is 10.1. The number of benzene rings is 1. The smallest absolute Gasteiger partial charge is 0.271 e. The van der Waals surface area contributed by atoms with Crippen molar-refractivity contribution >= 4 is 17.5 Å². The summed E-state index contributed by atoms with van der Waals surface area (Å²) in [4.78, 5) is 13.7. The number of likely N-dealkylation sites (N-methyl/N-ethyl adjacent to an activating group) is 1. The quantitative estimate of drug-likeness (QED) is 0.888. The molecule has 0 radical (unpaired) electrons. The third-order valence-electron chi connectivity index (χ3n) is 2.99. The summed E-state index contributed by atoms with van der Waals surface area (Å²) in [7, 11) is 0. The molecule has 0 bridgehead atoms. The van der Waals surface area contributed by atoms with Gasteiger partial charge in [-0.15, -0.1) is 0 Å². The Labute approximate surface area is 122 Å². The molecule has 1 amide bonds. The molecule has 1 aromatic carbocycles. The molecule has 0 aliphatic carbocycles. The SMILES string of the molecule is CCN(CCO)C(=O)c1cc(-c2ccc(Cl)cc2)n[nH]1. The van der Waals surface area contributed by atoms with Crippen molar-refractivity contribution < 1.29 is 9.90 Å². The number of aromatic amines is 1. The lowest BCUT2D eigenvalue weighted by molar-refractivity contribution is 0.0726. The first-order valence-electron chi connectivity index (χ1n) is 6.37. The van der Waals surface area contributed by atoms with E-state index in [1.54, 1.807) is 23.1 Å². The number of H-pyrrole nitrogens is 1. The van der Waals surface area contributed by atoms with E-state index < -0.39 is 0 Å². The van der Waals surface area contributed by atoms with Crippen LogP contribution in [-0.2, 0) is 0 Å². The summed E-state index contributed by atoms with van der Waals surface area (Å²) in [5.41, 5.74) is 1.98. The number of nitrogens with one attached hydrogen (secondary N) is 1. The van der Waals surface area contributed by atoms with Crippen LogP contribution in [-0.4, -0.2) is 45.8 Å². The van der Waals surface area contributed by atoms with E-state index in [1.807, 2.05) is 19.1 Å². The average molecular weight is 294 g/mol. The van der Waals surface area contributed by atoms with Crippen molar-refractivity contribution in [1.82, 2.24) is 15.1 Å². The maximum Gasteiger partial charge on any atom is 0.271 e. The molecule has 0 saturated heterocycles. The van der Waals surface area contributed by atoms with Gasteiger partial charge in [0.15, 0.2) is 0 Å². The molecule has 20 heavy (non-hydrogen) atoms. The highest BCUT2D eigenvalue weighted by Gasteiger charge is 2.16. The van der Waals surface area contributed by atoms with Crippen LogP contribution in [0.15, 0.2) is 30.3 Å². The Bertz CT molecular complexity index is 580. The van der Waals surface area contributed by atoms with Gasteiger partial charge in [-0.1, -0.05) is 23.7 Å². The van der Waals surface area contributed by atoms with Crippen LogP contribution in [0, 0.1) is 0 Å². The number of nitrogens with zero attached hydrogens (tertiary/aromatic N) is 2. The van der Waals surface area contributed by atoms with Gasteiger partial charge in [0.1, 0.15) is 5.69 Å². The highest BCUT2D eigenvalue weighted by atomic mass is 35.5. The van der Waals surface area contributed by atoms with Crippen LogP contribution in [0.5, 0.6) is 0 Å². The number of aromatic nitrogens is 2. The van der Waals surface area contributed by atoms with E-state index in [0.29, 0.717) is 29.5 Å². The van der Waals surface area contributed by atoms with Crippen molar-refractivity contribution in [3.05, 3.63) is 41.0 Å². The number of carbonyl (C=O) groups excluding carboxylic acids is 1. The van der Waals surface area contributed by atoms with E-state index in [0.717, 1.165) is 5.56 Å². The molecule has 0 aliphatic heterocycles. The number of amides is 1. The van der Waals surface area contributed by atoms with Crippen LogP contribution in [0.2, 0.25) is 5.02 Å². The summed E-state index contributed by atoms with van der Waals surface area (Å²) in [6.07, 6.45) is 0. The fraction of sp³-hybridized carbons (Fsp3) is 0.286. The molecule has 2 N–H and O–H groups in total. The molecule has 0 fully saturated rings. The first kappa shape index (κ1) is 14.6. The highest BCUT2D eigenvalue weighted by Crippen LogP contribution is 2.20. The number of carbonyl (C=O) groups is 1. The van der Waals surface area contributed by atoms with Crippen molar-refractivity contribution in [3.63, 3.8) is 0 Å². The van der Waals surface area contributed by atoms with E-state index in [9.17, 15) is 4.79 Å². The molecule has 0 aliphatic rings. The monoisotopic (exact) mass is 293 g/mol. The fourth-order valence-electron chi connectivity index (χ4n) is 1.89. The second-order valence-corrected chi connectivity index (χ2v) is 4.72. The molecule has 1 aromatic heterocycles. The zero-order valence-electron chi connectivity index (χ0n) is 11.1. The summed E-state index contributed by atoms with van der Waals surface area (Å²) < 4.78 is 0. The van der Waals surface area contributed by atoms with Gasteiger partial charge in [0, 0.05) is 23.7 Å². The topological polar surface area (TPSA) is 69.2 Å². The van der Waals surface area contributed by atoms with Gasteiger partial charge in [0.2, 0.25) is 0 Å². The minimum atomic E-state index is -0.172. The van der Waals surface area contributed by atoms with Gasteiger partial charge in [0.05, 0.1) is 12.3 Å². The number of rotatable bonds is 5. The molecule has 6 heteroatoms. The molecule has 2 aromatic rings. The van der Waals surface area contributed by atoms with Crippen molar-refractivity contribution in [2.75, 3.05) is 19.7 Å². The Balaban J connectivity index is 2.20. The van der Waals surface area contributed by atoms with Crippen molar-refractivity contribution in [2.24, 2.45) is 0 Å². The summed E-state index contributed by atoms with van der Waals surface area (Å²) in [5, 5.41) is 16.5. The first-order valence-corrected chi connectivity index (χ1v) is 6.75. The number of aliphatic hydroxyl groups is 1. The summed E-state index contributed by atoms with van der Waals surface area (Å²) >= 11 is 5.84. The van der Waals surface area contributed by atoms with Gasteiger partial charge < -0.3 is 10.0 Å². The Morgan fingerprint density at radius 2 is 2.10 bits per heavy atom. The Morgan fingerprint density at radius 1 is 1.40 bits per heavy atom. The second-order valence-electron chi connectivity index (χ2n) is 4.28. The summed E-state index contributed by atoms with van der Waals surface area (Å²) in [6.45, 7) is 2.65. The number of hydrogen-bond donors (Lipinski definition) is 2. The molecular weight excluding hydrogens is 278 g/mol. The molecule has 0 saturated carbocycles. The minimum Gasteiger partial charge on any atom is -0.395 e. The molecule has 2 rings (SSSR count). The molecular formula is C14H16ClN3O2. The Hall–Kier alpha value is -1.85. The molecule has 5 nitrogen and oxygen atoms in total. The number of hydrogen-bond acceptors (Lipinski definition) is 3. The first-order chi connectivity index (χ1) is 9.65. The molecule has 0 unspecified atom stereocenters. The van der Waals surface area contributed by atoms with Crippen LogP contribution < -0.4 is 0 Å². The van der Waals surface area contributed by atoms with Gasteiger partial charge in [0.25, 0.3) is 5.91 Å². The zero-order chi connectivity index (χ0) is 14.5. The minimum absolute atomic E-state index is 0.0578. The lowest BCUT2D eigenvalue weighted by Gasteiger charge is -2.18. The van der Waals surface area contributed by atoms with E-state index in [-0.39, 0.29) is 12.5 Å². The van der Waals surface area contributed by atoms with Crippen molar-refractivity contribution in [1.29, 1.82) is 0 Å². The van der Waals surface area contributed by atoms with Gasteiger partial charge in [-0.25, -0.2) is 0 Å².